The summed E-state index contributed by atoms with van der Waals surface area (Å²) in [6, 6.07) is 16.0. The molecule has 1 saturated heterocycles. The molecule has 0 spiro atoms. The Labute approximate surface area is 115 Å². The lowest BCUT2D eigenvalue weighted by Crippen LogP contribution is -2.34. The summed E-state index contributed by atoms with van der Waals surface area (Å²) in [5.74, 6) is 0. The van der Waals surface area contributed by atoms with Crippen LogP contribution in [-0.4, -0.2) is 25.7 Å². The Morgan fingerprint density at radius 1 is 1.11 bits per heavy atom. The minimum atomic E-state index is 0.691. The molecule has 1 aliphatic rings. The van der Waals surface area contributed by atoms with E-state index in [4.69, 9.17) is 0 Å². The van der Waals surface area contributed by atoms with Gasteiger partial charge < -0.3 is 10.6 Å². The van der Waals surface area contributed by atoms with E-state index >= 15 is 0 Å². The first-order valence-corrected chi connectivity index (χ1v) is 7.33. The van der Waals surface area contributed by atoms with Crippen molar-refractivity contribution in [1.82, 2.24) is 10.6 Å². The van der Waals surface area contributed by atoms with Gasteiger partial charge in [0.25, 0.3) is 0 Å². The van der Waals surface area contributed by atoms with Crippen molar-refractivity contribution in [2.45, 2.75) is 25.3 Å². The molecule has 0 bridgehead atoms. The lowest BCUT2D eigenvalue weighted by molar-refractivity contribution is 0.538. The summed E-state index contributed by atoms with van der Waals surface area (Å²) in [7, 11) is 0. The molecule has 1 heterocycles. The third-order valence-corrected chi connectivity index (χ3v) is 3.96. The standard InChI is InChI=1S/C17H22N2/c1-2-5-16-12-14(7-8-15(16)4-1)9-11-18-13-17-6-3-10-19-17/h1-2,4-5,7-8,12,17-19H,3,6,9-11,13H2. The van der Waals surface area contributed by atoms with Crippen LogP contribution in [-0.2, 0) is 6.42 Å². The van der Waals surface area contributed by atoms with Crippen molar-refractivity contribution < 1.29 is 0 Å². The minimum Gasteiger partial charge on any atom is -0.315 e. The van der Waals surface area contributed by atoms with Gasteiger partial charge in [0.2, 0.25) is 0 Å². The van der Waals surface area contributed by atoms with Gasteiger partial charge in [0.1, 0.15) is 0 Å². The van der Waals surface area contributed by atoms with Crippen molar-refractivity contribution in [2.75, 3.05) is 19.6 Å². The van der Waals surface area contributed by atoms with Crippen LogP contribution in [0.2, 0.25) is 0 Å². The number of rotatable bonds is 5. The molecule has 100 valence electrons. The molecule has 1 aliphatic heterocycles. The molecule has 1 unspecified atom stereocenters. The lowest BCUT2D eigenvalue weighted by atomic mass is 10.1. The van der Waals surface area contributed by atoms with E-state index in [9.17, 15) is 0 Å². The molecule has 0 aromatic heterocycles. The molecule has 19 heavy (non-hydrogen) atoms. The van der Waals surface area contributed by atoms with Crippen LogP contribution in [0.5, 0.6) is 0 Å². The van der Waals surface area contributed by atoms with E-state index in [-0.39, 0.29) is 0 Å². The predicted molar refractivity (Wildman–Crippen MR) is 81.5 cm³/mol. The highest BCUT2D eigenvalue weighted by Crippen LogP contribution is 2.15. The quantitative estimate of drug-likeness (QED) is 0.802. The third kappa shape index (κ3) is 3.34. The number of hydrogen-bond donors (Lipinski definition) is 2. The van der Waals surface area contributed by atoms with Gasteiger partial charge >= 0.3 is 0 Å². The number of benzene rings is 2. The topological polar surface area (TPSA) is 24.1 Å². The van der Waals surface area contributed by atoms with Crippen LogP contribution in [0.25, 0.3) is 10.8 Å². The molecule has 0 aliphatic carbocycles. The van der Waals surface area contributed by atoms with Crippen molar-refractivity contribution in [2.24, 2.45) is 0 Å². The van der Waals surface area contributed by atoms with Gasteiger partial charge in [-0.25, -0.2) is 0 Å². The Morgan fingerprint density at radius 2 is 2.00 bits per heavy atom. The molecule has 2 aromatic rings. The first-order valence-electron chi connectivity index (χ1n) is 7.33. The van der Waals surface area contributed by atoms with Crippen LogP contribution in [0.1, 0.15) is 18.4 Å². The summed E-state index contributed by atoms with van der Waals surface area (Å²) in [5, 5.41) is 9.75. The van der Waals surface area contributed by atoms with E-state index in [0.29, 0.717) is 6.04 Å². The highest BCUT2D eigenvalue weighted by molar-refractivity contribution is 5.82. The maximum Gasteiger partial charge on any atom is 0.0192 e. The third-order valence-electron chi connectivity index (χ3n) is 3.96. The van der Waals surface area contributed by atoms with Crippen LogP contribution in [0.4, 0.5) is 0 Å². The van der Waals surface area contributed by atoms with E-state index in [2.05, 4.69) is 53.1 Å². The molecule has 2 aromatic carbocycles. The van der Waals surface area contributed by atoms with Crippen LogP contribution in [0.3, 0.4) is 0 Å². The smallest absolute Gasteiger partial charge is 0.0192 e. The molecule has 2 nitrogen and oxygen atoms in total. The Morgan fingerprint density at radius 3 is 2.84 bits per heavy atom. The Balaban J connectivity index is 1.50. The van der Waals surface area contributed by atoms with E-state index < -0.39 is 0 Å². The number of nitrogens with one attached hydrogen (secondary N) is 2. The molecule has 1 atom stereocenters. The Bertz CT molecular complexity index is 530. The normalized spacial score (nSPS) is 19.1. The van der Waals surface area contributed by atoms with Crippen molar-refractivity contribution in [3.8, 4) is 0 Å². The van der Waals surface area contributed by atoms with Gasteiger partial charge in [-0.1, -0.05) is 42.5 Å². The zero-order valence-corrected chi connectivity index (χ0v) is 11.4. The van der Waals surface area contributed by atoms with E-state index in [1.165, 1.54) is 35.7 Å². The van der Waals surface area contributed by atoms with Gasteiger partial charge in [-0.15, -0.1) is 0 Å². The summed E-state index contributed by atoms with van der Waals surface area (Å²) in [4.78, 5) is 0. The predicted octanol–water partition coefficient (Wildman–Crippen LogP) is 2.72. The van der Waals surface area contributed by atoms with E-state index in [0.717, 1.165) is 19.5 Å². The summed E-state index contributed by atoms with van der Waals surface area (Å²) in [6.07, 6.45) is 3.76. The highest BCUT2D eigenvalue weighted by atomic mass is 15.0. The molecule has 3 rings (SSSR count). The zero-order valence-electron chi connectivity index (χ0n) is 11.4. The largest absolute Gasteiger partial charge is 0.315 e. The van der Waals surface area contributed by atoms with E-state index in [1.54, 1.807) is 0 Å². The SMILES string of the molecule is c1ccc2cc(CCNCC3CCCN3)ccc2c1. The summed E-state index contributed by atoms with van der Waals surface area (Å²) < 4.78 is 0. The fourth-order valence-corrected chi connectivity index (χ4v) is 2.83. The van der Waals surface area contributed by atoms with Crippen LogP contribution < -0.4 is 10.6 Å². The van der Waals surface area contributed by atoms with Crippen molar-refractivity contribution in [3.05, 3.63) is 48.0 Å². The number of hydrogen-bond acceptors (Lipinski definition) is 2. The van der Waals surface area contributed by atoms with Gasteiger partial charge in [-0.3, -0.25) is 0 Å². The van der Waals surface area contributed by atoms with Gasteiger partial charge in [0.05, 0.1) is 0 Å². The summed E-state index contributed by atoms with van der Waals surface area (Å²) in [6.45, 7) is 3.36. The van der Waals surface area contributed by atoms with Crippen molar-refractivity contribution >= 4 is 10.8 Å². The first kappa shape index (κ1) is 12.6. The molecule has 2 heteroatoms. The first-order chi connectivity index (χ1) is 9.42. The zero-order chi connectivity index (χ0) is 12.9. The van der Waals surface area contributed by atoms with E-state index in [1.807, 2.05) is 0 Å². The summed E-state index contributed by atoms with van der Waals surface area (Å²) >= 11 is 0. The highest BCUT2D eigenvalue weighted by Gasteiger charge is 2.12. The van der Waals surface area contributed by atoms with Crippen LogP contribution in [0, 0.1) is 0 Å². The Hall–Kier alpha value is -1.38. The van der Waals surface area contributed by atoms with Gasteiger partial charge in [0, 0.05) is 12.6 Å². The molecule has 0 saturated carbocycles. The monoisotopic (exact) mass is 254 g/mol. The van der Waals surface area contributed by atoms with Crippen LogP contribution in [0.15, 0.2) is 42.5 Å². The lowest BCUT2D eigenvalue weighted by Gasteiger charge is -2.11. The molecule has 0 radical (unpaired) electrons. The van der Waals surface area contributed by atoms with Gasteiger partial charge in [0.15, 0.2) is 0 Å². The maximum atomic E-state index is 3.56. The summed E-state index contributed by atoms with van der Waals surface area (Å²) in [5.41, 5.74) is 1.42. The van der Waals surface area contributed by atoms with Crippen LogP contribution >= 0.6 is 0 Å². The second-order valence-electron chi connectivity index (χ2n) is 5.43. The fourth-order valence-electron chi connectivity index (χ4n) is 2.83. The minimum absolute atomic E-state index is 0.691. The molecule has 0 amide bonds. The average molecular weight is 254 g/mol. The Kier molecular flexibility index (Phi) is 4.11. The molecule has 1 fully saturated rings. The molecular weight excluding hydrogens is 232 g/mol. The average Bonchev–Trinajstić information content (AvgIpc) is 2.97. The van der Waals surface area contributed by atoms with Gasteiger partial charge in [-0.05, 0) is 48.7 Å². The van der Waals surface area contributed by atoms with Crippen molar-refractivity contribution in [1.29, 1.82) is 0 Å². The van der Waals surface area contributed by atoms with Gasteiger partial charge in [-0.2, -0.15) is 0 Å². The molecule has 2 N–H and O–H groups in total. The second kappa shape index (κ2) is 6.18. The molecular formula is C17H22N2. The number of fused-ring (bicyclic) bond motifs is 1. The maximum absolute atomic E-state index is 3.56. The van der Waals surface area contributed by atoms with Crippen molar-refractivity contribution in [3.63, 3.8) is 0 Å². The second-order valence-corrected chi connectivity index (χ2v) is 5.43. The fraction of sp³-hybridized carbons (Fsp3) is 0.412.